The minimum Gasteiger partial charge on any atom is -0.344 e. The van der Waals surface area contributed by atoms with Gasteiger partial charge in [0.25, 0.3) is 5.91 Å². The van der Waals surface area contributed by atoms with Gasteiger partial charge in [0.2, 0.25) is 0 Å². The molecule has 1 amide bonds. The predicted octanol–water partition coefficient (Wildman–Crippen LogP) is 4.19. The molecule has 4 rings (SSSR count). The van der Waals surface area contributed by atoms with Crippen molar-refractivity contribution in [2.45, 2.75) is 19.4 Å². The molecule has 0 bridgehead atoms. The minimum absolute atomic E-state index is 0.0373. The Balaban J connectivity index is 1.81. The second-order valence-corrected chi connectivity index (χ2v) is 6.69. The van der Waals surface area contributed by atoms with Gasteiger partial charge in [-0.25, -0.2) is 0 Å². The predicted molar refractivity (Wildman–Crippen MR) is 92.8 cm³/mol. The number of carbonyl (C=O) groups is 1. The quantitative estimate of drug-likeness (QED) is 0.778. The number of amides is 1. The first kappa shape index (κ1) is 13.6. The van der Waals surface area contributed by atoms with Crippen molar-refractivity contribution >= 4 is 38.8 Å². The number of hydrogen-bond acceptors (Lipinski definition) is 2. The summed E-state index contributed by atoms with van der Waals surface area (Å²) in [4.78, 5) is 14.5. The minimum atomic E-state index is -0.0373. The zero-order valence-electron chi connectivity index (χ0n) is 12.1. The average molecular weight is 355 g/mol. The molecule has 22 heavy (non-hydrogen) atoms. The van der Waals surface area contributed by atoms with E-state index in [0.717, 1.165) is 27.7 Å². The van der Waals surface area contributed by atoms with Crippen LogP contribution in [-0.2, 0) is 11.2 Å². The zero-order chi connectivity index (χ0) is 15.3. The summed E-state index contributed by atoms with van der Waals surface area (Å²) in [6, 6.07) is 14.6. The second kappa shape index (κ2) is 4.99. The molecule has 0 saturated heterocycles. The van der Waals surface area contributed by atoms with Crippen LogP contribution >= 0.6 is 15.9 Å². The van der Waals surface area contributed by atoms with Crippen molar-refractivity contribution in [1.82, 2.24) is 0 Å². The van der Waals surface area contributed by atoms with Crippen LogP contribution in [-0.4, -0.2) is 11.9 Å². The van der Waals surface area contributed by atoms with Crippen molar-refractivity contribution in [3.63, 3.8) is 0 Å². The van der Waals surface area contributed by atoms with E-state index in [1.807, 2.05) is 30.5 Å². The maximum absolute atomic E-state index is 12.3. The molecule has 0 aromatic heterocycles. The number of nitrogens with zero attached hydrogens (tertiary/aromatic N) is 1. The van der Waals surface area contributed by atoms with Gasteiger partial charge in [-0.1, -0.05) is 34.1 Å². The fourth-order valence-corrected chi connectivity index (χ4v) is 3.57. The molecule has 0 aliphatic carbocycles. The first-order valence-corrected chi connectivity index (χ1v) is 8.12. The molecule has 0 fully saturated rings. The van der Waals surface area contributed by atoms with Crippen molar-refractivity contribution in [2.75, 3.05) is 10.2 Å². The van der Waals surface area contributed by atoms with Crippen LogP contribution in [0.25, 0.3) is 5.57 Å². The highest BCUT2D eigenvalue weighted by molar-refractivity contribution is 9.10. The first-order chi connectivity index (χ1) is 10.6. The number of para-hydroxylation sites is 1. The fraction of sp³-hybridized carbons (Fsp3) is 0.167. The van der Waals surface area contributed by atoms with E-state index in [0.29, 0.717) is 6.04 Å². The van der Waals surface area contributed by atoms with Crippen LogP contribution in [0.2, 0.25) is 0 Å². The van der Waals surface area contributed by atoms with Crippen LogP contribution in [0.4, 0.5) is 11.4 Å². The van der Waals surface area contributed by atoms with Crippen molar-refractivity contribution < 1.29 is 4.79 Å². The molecule has 2 aliphatic rings. The van der Waals surface area contributed by atoms with Crippen molar-refractivity contribution in [1.29, 1.82) is 0 Å². The van der Waals surface area contributed by atoms with Crippen LogP contribution in [0.5, 0.6) is 0 Å². The highest BCUT2D eigenvalue weighted by atomic mass is 79.9. The summed E-state index contributed by atoms with van der Waals surface area (Å²) in [5, 5.41) is 2.93. The van der Waals surface area contributed by atoms with E-state index < -0.39 is 0 Å². The largest absolute Gasteiger partial charge is 0.344 e. The molecule has 2 aromatic rings. The third-order valence-electron chi connectivity index (χ3n) is 4.29. The maximum Gasteiger partial charge on any atom is 0.257 e. The summed E-state index contributed by atoms with van der Waals surface area (Å²) in [5.41, 5.74) is 5.08. The number of carbonyl (C=O) groups excluding carboxylic acids is 1. The Morgan fingerprint density at radius 2 is 2.09 bits per heavy atom. The summed E-state index contributed by atoms with van der Waals surface area (Å²) in [5.74, 6) is -0.0373. The topological polar surface area (TPSA) is 32.3 Å². The smallest absolute Gasteiger partial charge is 0.257 e. The van der Waals surface area contributed by atoms with Crippen molar-refractivity contribution in [3.8, 4) is 0 Å². The average Bonchev–Trinajstić information content (AvgIpc) is 2.98. The van der Waals surface area contributed by atoms with E-state index >= 15 is 0 Å². The Bertz CT molecular complexity index is 812. The highest BCUT2D eigenvalue weighted by Crippen LogP contribution is 2.37. The highest BCUT2D eigenvalue weighted by Gasteiger charge is 2.29. The number of nitrogens with one attached hydrogen (secondary N) is 1. The Labute approximate surface area is 137 Å². The number of rotatable bonds is 1. The molecule has 0 saturated carbocycles. The molecule has 3 nitrogen and oxygen atoms in total. The molecule has 4 heteroatoms. The number of anilines is 2. The molecule has 1 unspecified atom stereocenters. The SMILES string of the molecule is CC1Cc2ccccc2N1/C=C1/C(=O)Nc2ccc(Br)cc21. The van der Waals surface area contributed by atoms with Crippen molar-refractivity contribution in [2.24, 2.45) is 0 Å². The second-order valence-electron chi connectivity index (χ2n) is 5.78. The first-order valence-electron chi connectivity index (χ1n) is 7.33. The summed E-state index contributed by atoms with van der Waals surface area (Å²) >= 11 is 3.48. The standard InChI is InChI=1S/C18H15BrN2O/c1-11-8-12-4-2-3-5-17(12)21(11)10-15-14-9-13(19)6-7-16(14)20-18(15)22/h2-7,9-11H,8H2,1H3,(H,20,22)/b15-10+. The van der Waals surface area contributed by atoms with E-state index in [9.17, 15) is 4.79 Å². The van der Waals surface area contributed by atoms with Crippen molar-refractivity contribution in [3.05, 3.63) is 64.3 Å². The molecule has 1 N–H and O–H groups in total. The van der Waals surface area contributed by atoms with Gasteiger partial charge >= 0.3 is 0 Å². The maximum atomic E-state index is 12.3. The molecule has 110 valence electrons. The molecule has 1 atom stereocenters. The molecule has 2 aromatic carbocycles. The van der Waals surface area contributed by atoms with Gasteiger partial charge in [-0.15, -0.1) is 0 Å². The Hall–Kier alpha value is -2.07. The van der Waals surface area contributed by atoms with Gasteiger partial charge in [0, 0.05) is 33.7 Å². The van der Waals surface area contributed by atoms with Gasteiger partial charge in [-0.05, 0) is 43.2 Å². The lowest BCUT2D eigenvalue weighted by molar-refractivity contribution is -0.110. The Morgan fingerprint density at radius 3 is 2.95 bits per heavy atom. The van der Waals surface area contributed by atoms with Crippen LogP contribution in [0, 0.1) is 0 Å². The monoisotopic (exact) mass is 354 g/mol. The lowest BCUT2D eigenvalue weighted by atomic mass is 10.1. The van der Waals surface area contributed by atoms with E-state index in [4.69, 9.17) is 0 Å². The molecule has 0 radical (unpaired) electrons. The normalized spacial score (nSPS) is 21.0. The van der Waals surface area contributed by atoms with E-state index in [2.05, 4.69) is 51.3 Å². The Kier molecular flexibility index (Phi) is 3.08. The summed E-state index contributed by atoms with van der Waals surface area (Å²) in [7, 11) is 0. The summed E-state index contributed by atoms with van der Waals surface area (Å²) in [6.45, 7) is 2.19. The number of benzene rings is 2. The van der Waals surface area contributed by atoms with E-state index in [1.54, 1.807) is 0 Å². The molecular formula is C18H15BrN2O. The molecular weight excluding hydrogens is 340 g/mol. The zero-order valence-corrected chi connectivity index (χ0v) is 13.7. The van der Waals surface area contributed by atoms with Crippen LogP contribution in [0.1, 0.15) is 18.1 Å². The lowest BCUT2D eigenvalue weighted by Crippen LogP contribution is -2.24. The van der Waals surface area contributed by atoms with Crippen LogP contribution in [0.3, 0.4) is 0 Å². The number of hydrogen-bond donors (Lipinski definition) is 1. The third kappa shape index (κ3) is 2.06. The van der Waals surface area contributed by atoms with Crippen LogP contribution in [0.15, 0.2) is 53.1 Å². The molecule has 2 aliphatic heterocycles. The number of fused-ring (bicyclic) bond motifs is 2. The third-order valence-corrected chi connectivity index (χ3v) is 4.79. The Morgan fingerprint density at radius 1 is 1.27 bits per heavy atom. The molecule has 0 spiro atoms. The summed E-state index contributed by atoms with van der Waals surface area (Å²) in [6.07, 6.45) is 3.00. The van der Waals surface area contributed by atoms with E-state index in [1.165, 1.54) is 11.3 Å². The van der Waals surface area contributed by atoms with Gasteiger partial charge < -0.3 is 10.2 Å². The van der Waals surface area contributed by atoms with Gasteiger partial charge in [-0.2, -0.15) is 0 Å². The fourth-order valence-electron chi connectivity index (χ4n) is 3.21. The van der Waals surface area contributed by atoms with Gasteiger partial charge in [0.15, 0.2) is 0 Å². The summed E-state index contributed by atoms with van der Waals surface area (Å²) < 4.78 is 0.975. The van der Waals surface area contributed by atoms with E-state index in [-0.39, 0.29) is 5.91 Å². The van der Waals surface area contributed by atoms with Crippen LogP contribution < -0.4 is 10.2 Å². The lowest BCUT2D eigenvalue weighted by Gasteiger charge is -2.21. The number of halogens is 1. The van der Waals surface area contributed by atoms with Gasteiger partial charge in [0.1, 0.15) is 0 Å². The van der Waals surface area contributed by atoms with Gasteiger partial charge in [-0.3, -0.25) is 4.79 Å². The van der Waals surface area contributed by atoms with Gasteiger partial charge in [0.05, 0.1) is 5.57 Å². The molecule has 2 heterocycles.